The Morgan fingerprint density at radius 2 is 2.18 bits per heavy atom. The zero-order valence-corrected chi connectivity index (χ0v) is 16.0. The molecule has 2 aliphatic heterocycles. The summed E-state index contributed by atoms with van der Waals surface area (Å²) in [5.41, 5.74) is -0.237. The van der Waals surface area contributed by atoms with Crippen molar-refractivity contribution in [2.75, 3.05) is 26.7 Å². The van der Waals surface area contributed by atoms with E-state index in [1.54, 1.807) is 30.2 Å². The second kappa shape index (κ2) is 7.33. The molecule has 0 unspecified atom stereocenters. The van der Waals surface area contributed by atoms with Crippen molar-refractivity contribution >= 4 is 17.7 Å². The van der Waals surface area contributed by atoms with E-state index in [1.165, 1.54) is 0 Å². The number of hydrogen-bond donors (Lipinski definition) is 2. The number of fused-ring (bicyclic) bond motifs is 1. The van der Waals surface area contributed by atoms with Crippen LogP contribution in [0.3, 0.4) is 0 Å². The van der Waals surface area contributed by atoms with Crippen molar-refractivity contribution in [2.24, 2.45) is 0 Å². The van der Waals surface area contributed by atoms with Crippen LogP contribution in [0.1, 0.15) is 42.5 Å². The van der Waals surface area contributed by atoms with Gasteiger partial charge in [-0.15, -0.1) is 0 Å². The predicted molar refractivity (Wildman–Crippen MR) is 100 cm³/mol. The molecule has 0 radical (unpaired) electrons. The lowest BCUT2D eigenvalue weighted by molar-refractivity contribution is -0.135. The quantitative estimate of drug-likeness (QED) is 0.798. The van der Waals surface area contributed by atoms with Crippen LogP contribution in [0.25, 0.3) is 0 Å². The average molecular weight is 387 g/mol. The van der Waals surface area contributed by atoms with Gasteiger partial charge in [0.2, 0.25) is 11.8 Å². The standard InChI is InChI=1S/C20H25N3O5/c1-27-14-4-5-15-16(10-14)28-20(12-21-19(15)26)7-6-18(25)23(9-8-20)11-17(24)22-13-2-3-13/h4-5,10,13H,2-3,6-9,11-12H2,1H3,(H,21,26)(H,22,24)/t20-/m0/s1. The van der Waals surface area contributed by atoms with Crippen LogP contribution in [-0.2, 0) is 9.59 Å². The molecule has 1 atom stereocenters. The molecule has 2 fully saturated rings. The summed E-state index contributed by atoms with van der Waals surface area (Å²) < 4.78 is 11.6. The number of ether oxygens (including phenoxy) is 2. The molecule has 0 bridgehead atoms. The van der Waals surface area contributed by atoms with E-state index < -0.39 is 5.60 Å². The van der Waals surface area contributed by atoms with Gasteiger partial charge in [0.05, 0.1) is 25.8 Å². The van der Waals surface area contributed by atoms with Gasteiger partial charge < -0.3 is 25.0 Å². The number of likely N-dealkylation sites (tertiary alicyclic amines) is 1. The van der Waals surface area contributed by atoms with Gasteiger partial charge in [0.25, 0.3) is 5.91 Å². The second-order valence-corrected chi connectivity index (χ2v) is 7.74. The summed E-state index contributed by atoms with van der Waals surface area (Å²) >= 11 is 0. The van der Waals surface area contributed by atoms with Crippen molar-refractivity contribution in [2.45, 2.75) is 43.7 Å². The summed E-state index contributed by atoms with van der Waals surface area (Å²) in [6.07, 6.45) is 3.31. The number of hydrogen-bond acceptors (Lipinski definition) is 5. The fourth-order valence-corrected chi connectivity index (χ4v) is 3.71. The summed E-state index contributed by atoms with van der Waals surface area (Å²) in [6.45, 7) is 0.798. The number of methoxy groups -OCH3 is 1. The lowest BCUT2D eigenvalue weighted by Crippen LogP contribution is -2.46. The van der Waals surface area contributed by atoms with Crippen LogP contribution in [0.15, 0.2) is 18.2 Å². The highest BCUT2D eigenvalue weighted by molar-refractivity contribution is 5.97. The Bertz CT molecular complexity index is 807. The highest BCUT2D eigenvalue weighted by atomic mass is 16.5. The maximum atomic E-state index is 12.6. The van der Waals surface area contributed by atoms with Crippen LogP contribution >= 0.6 is 0 Å². The number of rotatable bonds is 4. The third-order valence-corrected chi connectivity index (χ3v) is 5.59. The monoisotopic (exact) mass is 387 g/mol. The fourth-order valence-electron chi connectivity index (χ4n) is 3.71. The van der Waals surface area contributed by atoms with Crippen LogP contribution in [0.4, 0.5) is 0 Å². The third kappa shape index (κ3) is 3.90. The Morgan fingerprint density at radius 3 is 2.93 bits per heavy atom. The molecule has 150 valence electrons. The summed E-state index contributed by atoms with van der Waals surface area (Å²) in [5.74, 6) is 0.684. The molecular weight excluding hydrogens is 362 g/mol. The Morgan fingerprint density at radius 1 is 1.36 bits per heavy atom. The molecule has 3 amide bonds. The first-order valence-corrected chi connectivity index (χ1v) is 9.70. The van der Waals surface area contributed by atoms with Gasteiger partial charge in [-0.3, -0.25) is 14.4 Å². The third-order valence-electron chi connectivity index (χ3n) is 5.59. The van der Waals surface area contributed by atoms with E-state index in [-0.39, 0.29) is 36.7 Å². The van der Waals surface area contributed by atoms with Crippen LogP contribution in [0.5, 0.6) is 11.5 Å². The first-order chi connectivity index (χ1) is 13.5. The van der Waals surface area contributed by atoms with Crippen molar-refractivity contribution in [1.82, 2.24) is 15.5 Å². The van der Waals surface area contributed by atoms with Gasteiger partial charge >= 0.3 is 0 Å². The molecule has 3 aliphatic rings. The summed E-state index contributed by atoms with van der Waals surface area (Å²) in [5, 5.41) is 5.84. The lowest BCUT2D eigenvalue weighted by atomic mass is 9.94. The summed E-state index contributed by atoms with van der Waals surface area (Å²) in [6, 6.07) is 5.37. The van der Waals surface area contributed by atoms with Crippen LogP contribution in [0, 0.1) is 0 Å². The molecule has 1 aliphatic carbocycles. The van der Waals surface area contributed by atoms with Gasteiger partial charge in [-0.1, -0.05) is 0 Å². The number of nitrogens with zero attached hydrogens (tertiary/aromatic N) is 1. The molecule has 2 heterocycles. The highest BCUT2D eigenvalue weighted by Crippen LogP contribution is 2.35. The van der Waals surface area contributed by atoms with Gasteiger partial charge in [-0.05, 0) is 31.4 Å². The predicted octanol–water partition coefficient (Wildman–Crippen LogP) is 0.847. The van der Waals surface area contributed by atoms with Gasteiger partial charge in [0, 0.05) is 31.5 Å². The number of carbonyl (C=O) groups is 3. The van der Waals surface area contributed by atoms with E-state index in [9.17, 15) is 14.4 Å². The smallest absolute Gasteiger partial charge is 0.255 e. The molecule has 1 aromatic carbocycles. The number of nitrogens with one attached hydrogen (secondary N) is 2. The van der Waals surface area contributed by atoms with Crippen molar-refractivity contribution in [1.29, 1.82) is 0 Å². The van der Waals surface area contributed by atoms with E-state index in [4.69, 9.17) is 9.47 Å². The van der Waals surface area contributed by atoms with E-state index in [0.717, 1.165) is 12.8 Å². The zero-order chi connectivity index (χ0) is 19.7. The Kier molecular flexibility index (Phi) is 4.87. The fraction of sp³-hybridized carbons (Fsp3) is 0.550. The highest BCUT2D eigenvalue weighted by Gasteiger charge is 2.41. The summed E-state index contributed by atoms with van der Waals surface area (Å²) in [4.78, 5) is 38.7. The zero-order valence-electron chi connectivity index (χ0n) is 16.0. The van der Waals surface area contributed by atoms with Crippen LogP contribution in [-0.4, -0.2) is 61.0 Å². The van der Waals surface area contributed by atoms with Crippen LogP contribution in [0.2, 0.25) is 0 Å². The van der Waals surface area contributed by atoms with Crippen molar-refractivity contribution in [3.63, 3.8) is 0 Å². The molecule has 0 aromatic heterocycles. The second-order valence-electron chi connectivity index (χ2n) is 7.74. The van der Waals surface area contributed by atoms with Crippen LogP contribution < -0.4 is 20.1 Å². The molecule has 1 saturated heterocycles. The van der Waals surface area contributed by atoms with Crippen molar-refractivity contribution in [3.8, 4) is 11.5 Å². The van der Waals surface area contributed by atoms with Gasteiger partial charge in [0.1, 0.15) is 17.1 Å². The van der Waals surface area contributed by atoms with Crippen molar-refractivity contribution < 1.29 is 23.9 Å². The first-order valence-electron chi connectivity index (χ1n) is 9.70. The number of benzene rings is 1. The average Bonchev–Trinajstić information content (AvgIpc) is 3.52. The molecule has 28 heavy (non-hydrogen) atoms. The van der Waals surface area contributed by atoms with Gasteiger partial charge in [-0.25, -0.2) is 0 Å². The Balaban J connectivity index is 1.50. The maximum Gasteiger partial charge on any atom is 0.255 e. The number of carbonyl (C=O) groups excluding carboxylic acids is 3. The van der Waals surface area contributed by atoms with Crippen molar-refractivity contribution in [3.05, 3.63) is 23.8 Å². The molecule has 1 saturated carbocycles. The SMILES string of the molecule is COc1ccc2c(c1)O[C@]1(CCC(=O)N(CC(=O)NC3CC3)CC1)CNC2=O. The topological polar surface area (TPSA) is 97.0 Å². The molecule has 2 N–H and O–H groups in total. The molecule has 4 rings (SSSR count). The van der Waals surface area contributed by atoms with E-state index in [0.29, 0.717) is 43.0 Å². The molecular formula is C20H25N3O5. The normalized spacial score (nSPS) is 24.5. The largest absolute Gasteiger partial charge is 0.497 e. The number of amides is 3. The minimum Gasteiger partial charge on any atom is -0.497 e. The van der Waals surface area contributed by atoms with E-state index in [2.05, 4.69) is 10.6 Å². The van der Waals surface area contributed by atoms with E-state index >= 15 is 0 Å². The first kappa shape index (κ1) is 18.6. The van der Waals surface area contributed by atoms with Gasteiger partial charge in [0.15, 0.2) is 0 Å². The molecule has 1 aromatic rings. The lowest BCUT2D eigenvalue weighted by Gasteiger charge is -2.32. The molecule has 8 heteroatoms. The molecule has 1 spiro atoms. The van der Waals surface area contributed by atoms with Gasteiger partial charge in [-0.2, -0.15) is 0 Å². The maximum absolute atomic E-state index is 12.6. The van der Waals surface area contributed by atoms with E-state index in [1.807, 2.05) is 0 Å². The minimum absolute atomic E-state index is 0.0622. The molecule has 8 nitrogen and oxygen atoms in total. The minimum atomic E-state index is -0.690. The summed E-state index contributed by atoms with van der Waals surface area (Å²) in [7, 11) is 1.56. The Hall–Kier alpha value is -2.77. The Labute approximate surface area is 163 Å².